The van der Waals surface area contributed by atoms with E-state index in [1.54, 1.807) is 0 Å². The minimum absolute atomic E-state index is 0.442. The average molecular weight is 304 g/mol. The maximum absolute atomic E-state index is 5.06. The normalized spacial score (nSPS) is 30.8. The molecule has 23 heavy (non-hydrogen) atoms. The number of likely N-dealkylation sites (tertiary alicyclic amines) is 1. The van der Waals surface area contributed by atoms with Crippen LogP contribution in [-0.4, -0.2) is 23.3 Å². The van der Waals surface area contributed by atoms with Crippen molar-refractivity contribution in [1.82, 2.24) is 4.90 Å². The lowest BCUT2D eigenvalue weighted by Crippen LogP contribution is -2.37. The van der Waals surface area contributed by atoms with Crippen LogP contribution < -0.4 is 0 Å². The Bertz CT molecular complexity index is 843. The van der Waals surface area contributed by atoms with Crippen LogP contribution in [-0.2, 0) is 0 Å². The summed E-state index contributed by atoms with van der Waals surface area (Å²) in [5, 5.41) is 2.66. The van der Waals surface area contributed by atoms with Crippen LogP contribution in [0.3, 0.4) is 0 Å². The Balaban J connectivity index is 1.62. The second-order valence-electron chi connectivity index (χ2n) is 8.96. The molecule has 0 amide bonds. The van der Waals surface area contributed by atoms with Crippen LogP contribution >= 0.6 is 0 Å². The molecule has 2 aromatic rings. The van der Waals surface area contributed by atoms with E-state index in [0.717, 1.165) is 12.2 Å². The highest BCUT2D eigenvalue weighted by atomic mass is 15.3. The van der Waals surface area contributed by atoms with E-state index in [1.165, 1.54) is 41.4 Å². The highest BCUT2D eigenvalue weighted by Gasteiger charge is 2.50. The summed E-state index contributed by atoms with van der Waals surface area (Å²) in [7, 11) is 0. The Morgan fingerprint density at radius 1 is 1.04 bits per heavy atom. The van der Waals surface area contributed by atoms with Crippen molar-refractivity contribution >= 4 is 22.3 Å². The van der Waals surface area contributed by atoms with Crippen LogP contribution in [0.1, 0.15) is 45.6 Å². The maximum atomic E-state index is 5.06. The second-order valence-corrected chi connectivity index (χ2v) is 8.96. The highest BCUT2D eigenvalue weighted by molar-refractivity contribution is 6.19. The highest BCUT2D eigenvalue weighted by Crippen LogP contribution is 2.53. The number of aliphatic imine (C=N–C) groups is 1. The van der Waals surface area contributed by atoms with Gasteiger partial charge in [0.25, 0.3) is 0 Å². The van der Waals surface area contributed by atoms with E-state index in [9.17, 15) is 0 Å². The van der Waals surface area contributed by atoms with Gasteiger partial charge in [0.15, 0.2) is 0 Å². The van der Waals surface area contributed by atoms with Gasteiger partial charge in [0, 0.05) is 23.5 Å². The molecule has 3 aliphatic rings. The van der Waals surface area contributed by atoms with Gasteiger partial charge in [0.05, 0.1) is 5.69 Å². The Hall–Kier alpha value is -1.83. The molecule has 2 unspecified atom stereocenters. The summed E-state index contributed by atoms with van der Waals surface area (Å²) in [5.41, 5.74) is 3.38. The van der Waals surface area contributed by atoms with Gasteiger partial charge in [0.2, 0.25) is 0 Å². The summed E-state index contributed by atoms with van der Waals surface area (Å²) in [5.74, 6) is 1.23. The second kappa shape index (κ2) is 4.17. The van der Waals surface area contributed by atoms with Crippen LogP contribution in [0.2, 0.25) is 0 Å². The molecule has 0 radical (unpaired) electrons. The van der Waals surface area contributed by atoms with Crippen molar-refractivity contribution in [3.63, 3.8) is 0 Å². The third-order valence-electron chi connectivity index (χ3n) is 6.04. The smallest absolute Gasteiger partial charge is 0.137 e. The molecule has 2 heteroatoms. The minimum Gasteiger partial charge on any atom is -0.353 e. The van der Waals surface area contributed by atoms with Crippen LogP contribution in [0.15, 0.2) is 41.4 Å². The Morgan fingerprint density at radius 2 is 1.83 bits per heavy atom. The molecule has 5 rings (SSSR count). The topological polar surface area (TPSA) is 15.6 Å². The van der Waals surface area contributed by atoms with Gasteiger partial charge in [-0.3, -0.25) is 0 Å². The average Bonchev–Trinajstić information content (AvgIpc) is 2.95. The molecule has 2 fully saturated rings. The Kier molecular flexibility index (Phi) is 2.46. The predicted octanol–water partition coefficient (Wildman–Crippen LogP) is 5.13. The summed E-state index contributed by atoms with van der Waals surface area (Å²) >= 11 is 0. The lowest BCUT2D eigenvalue weighted by Gasteiger charge is -2.39. The molecule has 0 N–H and O–H groups in total. The zero-order valence-corrected chi connectivity index (χ0v) is 14.3. The van der Waals surface area contributed by atoms with Gasteiger partial charge in [0.1, 0.15) is 5.84 Å². The number of nitrogens with zero attached hydrogens (tertiary/aromatic N) is 2. The molecule has 2 bridgehead atoms. The van der Waals surface area contributed by atoms with Gasteiger partial charge >= 0.3 is 0 Å². The maximum Gasteiger partial charge on any atom is 0.137 e. The number of rotatable bonds is 0. The summed E-state index contributed by atoms with van der Waals surface area (Å²) in [6, 6.07) is 13.8. The summed E-state index contributed by atoms with van der Waals surface area (Å²) in [6.45, 7) is 8.51. The lowest BCUT2D eigenvalue weighted by atomic mass is 9.65. The Labute approximate surface area is 138 Å². The SMILES string of the molecule is CC1(C)CC2CC(C)(CN2C2=Nc3cccc4cccc2c34)C1. The van der Waals surface area contributed by atoms with Gasteiger partial charge < -0.3 is 4.90 Å². The van der Waals surface area contributed by atoms with Crippen LogP contribution in [0, 0.1) is 10.8 Å². The molecule has 0 aromatic heterocycles. The molecule has 2 aromatic carbocycles. The fourth-order valence-electron chi connectivity index (χ4n) is 5.70. The van der Waals surface area contributed by atoms with Crippen molar-refractivity contribution in [3.8, 4) is 0 Å². The monoisotopic (exact) mass is 304 g/mol. The van der Waals surface area contributed by atoms with Gasteiger partial charge in [-0.1, -0.05) is 51.1 Å². The van der Waals surface area contributed by atoms with Gasteiger partial charge in [-0.25, -0.2) is 4.99 Å². The molecule has 1 aliphatic carbocycles. The lowest BCUT2D eigenvalue weighted by molar-refractivity contribution is 0.132. The summed E-state index contributed by atoms with van der Waals surface area (Å²) in [4.78, 5) is 7.69. The van der Waals surface area contributed by atoms with E-state index in [1.807, 2.05) is 0 Å². The molecular weight excluding hydrogens is 280 g/mol. The fourth-order valence-corrected chi connectivity index (χ4v) is 5.70. The number of hydrogen-bond acceptors (Lipinski definition) is 2. The fraction of sp³-hybridized carbons (Fsp3) is 0.476. The first-order valence-corrected chi connectivity index (χ1v) is 8.82. The van der Waals surface area contributed by atoms with Crippen LogP contribution in [0.5, 0.6) is 0 Å². The van der Waals surface area contributed by atoms with Gasteiger partial charge in [-0.2, -0.15) is 0 Å². The van der Waals surface area contributed by atoms with Crippen molar-refractivity contribution in [1.29, 1.82) is 0 Å². The van der Waals surface area contributed by atoms with E-state index in [-0.39, 0.29) is 0 Å². The first-order chi connectivity index (χ1) is 10.9. The molecule has 2 heterocycles. The zero-order valence-electron chi connectivity index (χ0n) is 14.3. The van der Waals surface area contributed by atoms with E-state index in [4.69, 9.17) is 4.99 Å². The zero-order chi connectivity index (χ0) is 15.8. The van der Waals surface area contributed by atoms with Crippen molar-refractivity contribution in [2.24, 2.45) is 15.8 Å². The molecule has 2 aliphatic heterocycles. The van der Waals surface area contributed by atoms with Crippen molar-refractivity contribution < 1.29 is 0 Å². The molecule has 2 atom stereocenters. The third kappa shape index (κ3) is 1.90. The summed E-state index contributed by atoms with van der Waals surface area (Å²) < 4.78 is 0. The van der Waals surface area contributed by atoms with Crippen molar-refractivity contribution in [2.75, 3.05) is 6.54 Å². The first kappa shape index (κ1) is 13.6. The number of fused-ring (bicyclic) bond motifs is 2. The quantitative estimate of drug-likeness (QED) is 0.658. The van der Waals surface area contributed by atoms with E-state index < -0.39 is 0 Å². The van der Waals surface area contributed by atoms with Gasteiger partial charge in [-0.15, -0.1) is 0 Å². The molecule has 2 nitrogen and oxygen atoms in total. The Morgan fingerprint density at radius 3 is 2.65 bits per heavy atom. The van der Waals surface area contributed by atoms with Gasteiger partial charge in [-0.05, 0) is 41.5 Å². The van der Waals surface area contributed by atoms with Crippen molar-refractivity contribution in [2.45, 2.75) is 46.1 Å². The number of amidine groups is 1. The molecule has 1 saturated carbocycles. The standard InChI is InChI=1S/C21H24N2/c1-20(2)10-15-11-21(3,12-20)13-23(15)19-16-8-4-6-14-7-5-9-17(22-19)18(14)16/h4-9,15H,10-13H2,1-3H3. The minimum atomic E-state index is 0.442. The van der Waals surface area contributed by atoms with E-state index in [2.05, 4.69) is 62.1 Å². The molecular formula is C21H24N2. The van der Waals surface area contributed by atoms with E-state index in [0.29, 0.717) is 16.9 Å². The van der Waals surface area contributed by atoms with Crippen LogP contribution in [0.25, 0.3) is 10.8 Å². The largest absolute Gasteiger partial charge is 0.353 e. The summed E-state index contributed by atoms with van der Waals surface area (Å²) in [6.07, 6.45) is 3.94. The molecule has 118 valence electrons. The van der Waals surface area contributed by atoms with Crippen molar-refractivity contribution in [3.05, 3.63) is 42.0 Å². The third-order valence-corrected chi connectivity index (χ3v) is 6.04. The molecule has 0 spiro atoms. The van der Waals surface area contributed by atoms with Crippen LogP contribution in [0.4, 0.5) is 5.69 Å². The van der Waals surface area contributed by atoms with E-state index >= 15 is 0 Å². The number of benzene rings is 2. The molecule has 1 saturated heterocycles. The first-order valence-electron chi connectivity index (χ1n) is 8.82. The number of hydrogen-bond donors (Lipinski definition) is 0. The predicted molar refractivity (Wildman–Crippen MR) is 96.4 cm³/mol.